The number of fused-ring (bicyclic) bond motifs is 1. The van der Waals surface area contributed by atoms with Crippen LogP contribution in [0.5, 0.6) is 0 Å². The van der Waals surface area contributed by atoms with Gasteiger partial charge in [0.05, 0.1) is 18.0 Å². The van der Waals surface area contributed by atoms with Gasteiger partial charge in [0.15, 0.2) is 6.61 Å². The Hall–Kier alpha value is -3.22. The van der Waals surface area contributed by atoms with Gasteiger partial charge in [-0.2, -0.15) is 0 Å². The lowest BCUT2D eigenvalue weighted by Gasteiger charge is -2.30. The summed E-state index contributed by atoms with van der Waals surface area (Å²) < 4.78 is 10.1. The van der Waals surface area contributed by atoms with Gasteiger partial charge in [0, 0.05) is 36.3 Å². The van der Waals surface area contributed by atoms with Crippen molar-refractivity contribution in [2.24, 2.45) is 5.92 Å². The van der Waals surface area contributed by atoms with Gasteiger partial charge in [0.1, 0.15) is 0 Å². The summed E-state index contributed by atoms with van der Waals surface area (Å²) in [6.45, 7) is 2.72. The molecule has 0 atom stereocenters. The maximum Gasteiger partial charge on any atom is 0.331 e. The number of pyridine rings is 1. The number of likely N-dealkylation sites (tertiary alicyclic amines) is 1. The van der Waals surface area contributed by atoms with Crippen LogP contribution in [0.15, 0.2) is 42.6 Å². The molecule has 1 aliphatic heterocycles. The maximum absolute atomic E-state index is 12.3. The van der Waals surface area contributed by atoms with Crippen molar-refractivity contribution in [3.63, 3.8) is 0 Å². The Morgan fingerprint density at radius 3 is 2.66 bits per heavy atom. The zero-order chi connectivity index (χ0) is 20.6. The van der Waals surface area contributed by atoms with E-state index >= 15 is 0 Å². The predicted octanol–water partition coefficient (Wildman–Crippen LogP) is 2.59. The summed E-state index contributed by atoms with van der Waals surface area (Å²) in [6.07, 6.45) is 5.75. The highest BCUT2D eigenvalue weighted by atomic mass is 16.5. The number of nitrogens with zero attached hydrogens (tertiary/aromatic N) is 2. The Morgan fingerprint density at radius 2 is 1.90 bits per heavy atom. The van der Waals surface area contributed by atoms with Crippen molar-refractivity contribution < 1.29 is 23.9 Å². The largest absolute Gasteiger partial charge is 0.466 e. The standard InChI is InChI=1S/C22H24N2O5/c1-2-28-22(27)18-10-13-24(14-11-18)19(25)15-29-20(26)9-8-17-6-3-5-16-7-4-12-23-21(16)17/h3-9,12,18H,2,10-11,13-15H2,1H3/b9-8+. The van der Waals surface area contributed by atoms with E-state index in [0.29, 0.717) is 32.5 Å². The van der Waals surface area contributed by atoms with Crippen LogP contribution >= 0.6 is 0 Å². The number of amides is 1. The minimum absolute atomic E-state index is 0.168. The number of hydrogen-bond acceptors (Lipinski definition) is 6. The smallest absolute Gasteiger partial charge is 0.331 e. The molecule has 0 N–H and O–H groups in total. The first-order valence-electron chi connectivity index (χ1n) is 9.71. The molecule has 1 aliphatic rings. The molecule has 7 nitrogen and oxygen atoms in total. The molecule has 1 aromatic carbocycles. The highest BCUT2D eigenvalue weighted by Gasteiger charge is 2.28. The third kappa shape index (κ3) is 5.40. The number of benzene rings is 1. The zero-order valence-corrected chi connectivity index (χ0v) is 16.4. The summed E-state index contributed by atoms with van der Waals surface area (Å²) in [5.41, 5.74) is 1.59. The molecule has 7 heteroatoms. The molecule has 2 aromatic rings. The summed E-state index contributed by atoms with van der Waals surface area (Å²) in [7, 11) is 0. The van der Waals surface area contributed by atoms with Gasteiger partial charge in [-0.3, -0.25) is 14.6 Å². The minimum Gasteiger partial charge on any atom is -0.466 e. The van der Waals surface area contributed by atoms with Crippen LogP contribution in [0.25, 0.3) is 17.0 Å². The van der Waals surface area contributed by atoms with Crippen molar-refractivity contribution in [3.05, 3.63) is 48.2 Å². The quantitative estimate of drug-likeness (QED) is 0.551. The zero-order valence-electron chi connectivity index (χ0n) is 16.4. The molecule has 0 unspecified atom stereocenters. The normalized spacial score (nSPS) is 14.9. The van der Waals surface area contributed by atoms with Crippen molar-refractivity contribution in [2.75, 3.05) is 26.3 Å². The Balaban J connectivity index is 1.47. The lowest BCUT2D eigenvalue weighted by atomic mass is 9.97. The molecule has 152 valence electrons. The first-order valence-corrected chi connectivity index (χ1v) is 9.71. The van der Waals surface area contributed by atoms with E-state index in [1.165, 1.54) is 6.08 Å². The predicted molar refractivity (Wildman–Crippen MR) is 108 cm³/mol. The third-order valence-corrected chi connectivity index (χ3v) is 4.87. The Morgan fingerprint density at radius 1 is 1.14 bits per heavy atom. The van der Waals surface area contributed by atoms with E-state index in [1.54, 1.807) is 24.1 Å². The van der Waals surface area contributed by atoms with Gasteiger partial charge >= 0.3 is 11.9 Å². The van der Waals surface area contributed by atoms with Crippen LogP contribution < -0.4 is 0 Å². The van der Waals surface area contributed by atoms with Crippen LogP contribution in [0.4, 0.5) is 0 Å². The fourth-order valence-corrected chi connectivity index (χ4v) is 3.32. The summed E-state index contributed by atoms with van der Waals surface area (Å²) in [6, 6.07) is 9.49. The Labute approximate surface area is 169 Å². The second-order valence-electron chi connectivity index (χ2n) is 6.77. The van der Waals surface area contributed by atoms with E-state index < -0.39 is 5.97 Å². The van der Waals surface area contributed by atoms with Gasteiger partial charge in [-0.25, -0.2) is 4.79 Å². The van der Waals surface area contributed by atoms with E-state index in [9.17, 15) is 14.4 Å². The van der Waals surface area contributed by atoms with Gasteiger partial charge in [-0.05, 0) is 31.9 Å². The first kappa shape index (κ1) is 20.5. The van der Waals surface area contributed by atoms with E-state index in [1.807, 2.05) is 30.3 Å². The summed E-state index contributed by atoms with van der Waals surface area (Å²) >= 11 is 0. The SMILES string of the molecule is CCOC(=O)C1CCN(C(=O)COC(=O)/C=C/c2cccc3cccnc23)CC1. The van der Waals surface area contributed by atoms with Crippen LogP contribution in [0.3, 0.4) is 0 Å². The number of piperidine rings is 1. The van der Waals surface area contributed by atoms with Crippen molar-refractivity contribution in [1.82, 2.24) is 9.88 Å². The average molecular weight is 396 g/mol. The number of para-hydroxylation sites is 1. The van der Waals surface area contributed by atoms with Crippen LogP contribution in [0.2, 0.25) is 0 Å². The van der Waals surface area contributed by atoms with Crippen molar-refractivity contribution in [1.29, 1.82) is 0 Å². The van der Waals surface area contributed by atoms with Crippen molar-refractivity contribution in [3.8, 4) is 0 Å². The van der Waals surface area contributed by atoms with Gasteiger partial charge in [0.2, 0.25) is 0 Å². The molecule has 0 radical (unpaired) electrons. The lowest BCUT2D eigenvalue weighted by Crippen LogP contribution is -2.42. The third-order valence-electron chi connectivity index (χ3n) is 4.87. The lowest BCUT2D eigenvalue weighted by molar-refractivity contribution is -0.153. The number of carbonyl (C=O) groups excluding carboxylic acids is 3. The Kier molecular flexibility index (Phi) is 6.94. The van der Waals surface area contributed by atoms with E-state index in [4.69, 9.17) is 9.47 Å². The maximum atomic E-state index is 12.3. The number of carbonyl (C=O) groups is 3. The molecule has 1 amide bonds. The number of hydrogen-bond donors (Lipinski definition) is 0. The second-order valence-corrected chi connectivity index (χ2v) is 6.77. The highest BCUT2D eigenvalue weighted by Crippen LogP contribution is 2.19. The topological polar surface area (TPSA) is 85.8 Å². The second kappa shape index (κ2) is 9.82. The molecule has 2 heterocycles. The molecule has 0 bridgehead atoms. The van der Waals surface area contributed by atoms with Gasteiger partial charge in [0.25, 0.3) is 5.91 Å². The molecular formula is C22H24N2O5. The summed E-state index contributed by atoms with van der Waals surface area (Å²) in [5, 5.41) is 0.976. The van der Waals surface area contributed by atoms with Crippen LogP contribution in [0, 0.1) is 5.92 Å². The van der Waals surface area contributed by atoms with E-state index in [0.717, 1.165) is 16.5 Å². The number of ether oxygens (including phenoxy) is 2. The molecule has 1 fully saturated rings. The average Bonchev–Trinajstić information content (AvgIpc) is 2.76. The van der Waals surface area contributed by atoms with Crippen LogP contribution in [0.1, 0.15) is 25.3 Å². The van der Waals surface area contributed by atoms with Gasteiger partial charge < -0.3 is 14.4 Å². The Bertz CT molecular complexity index is 911. The summed E-state index contributed by atoms with van der Waals surface area (Å²) in [4.78, 5) is 41.9. The molecular weight excluding hydrogens is 372 g/mol. The number of aromatic nitrogens is 1. The van der Waals surface area contributed by atoms with Crippen molar-refractivity contribution in [2.45, 2.75) is 19.8 Å². The molecule has 0 saturated carbocycles. The summed E-state index contributed by atoms with van der Waals surface area (Å²) in [5.74, 6) is -1.23. The molecule has 3 rings (SSSR count). The van der Waals surface area contributed by atoms with Crippen LogP contribution in [-0.2, 0) is 23.9 Å². The molecule has 1 saturated heterocycles. The van der Waals surface area contributed by atoms with E-state index in [2.05, 4.69) is 4.98 Å². The van der Waals surface area contributed by atoms with Gasteiger partial charge in [-0.15, -0.1) is 0 Å². The monoisotopic (exact) mass is 396 g/mol. The highest BCUT2D eigenvalue weighted by molar-refractivity contribution is 5.93. The molecule has 0 aliphatic carbocycles. The van der Waals surface area contributed by atoms with Crippen molar-refractivity contribution >= 4 is 34.8 Å². The first-order chi connectivity index (χ1) is 14.1. The molecule has 1 aromatic heterocycles. The number of esters is 2. The van der Waals surface area contributed by atoms with E-state index in [-0.39, 0.29) is 24.4 Å². The number of rotatable bonds is 6. The minimum atomic E-state index is -0.590. The fraction of sp³-hybridized carbons (Fsp3) is 0.364. The van der Waals surface area contributed by atoms with Gasteiger partial charge in [-0.1, -0.05) is 24.3 Å². The van der Waals surface area contributed by atoms with Crippen LogP contribution in [-0.4, -0.2) is 54.0 Å². The molecule has 29 heavy (non-hydrogen) atoms. The molecule has 0 spiro atoms. The fourth-order valence-electron chi connectivity index (χ4n) is 3.32.